The van der Waals surface area contributed by atoms with Crippen LogP contribution < -0.4 is 5.32 Å². The Kier molecular flexibility index (Phi) is 4.66. The summed E-state index contributed by atoms with van der Waals surface area (Å²) in [6.45, 7) is 12.0. The van der Waals surface area contributed by atoms with Gasteiger partial charge in [0.25, 0.3) is 0 Å². The molecule has 1 aromatic rings. The average molecular weight is 340 g/mol. The molecule has 1 aliphatic heterocycles. The summed E-state index contributed by atoms with van der Waals surface area (Å²) in [4.78, 5) is 25.8. The number of nitrogens with zero attached hydrogens (tertiary/aromatic N) is 3. The van der Waals surface area contributed by atoms with Crippen molar-refractivity contribution < 1.29 is 14.3 Å². The van der Waals surface area contributed by atoms with E-state index in [-0.39, 0.29) is 11.3 Å². The quantitative estimate of drug-likeness (QED) is 0.895. The number of hydrogen-bond donors (Lipinski definition) is 1. The number of ether oxygens (including phenoxy) is 1. The summed E-state index contributed by atoms with van der Waals surface area (Å²) in [6, 6.07) is -0.508. The molecule has 23 heavy (non-hydrogen) atoms. The van der Waals surface area contributed by atoms with E-state index in [0.29, 0.717) is 18.1 Å². The molecule has 2 amide bonds. The van der Waals surface area contributed by atoms with E-state index in [9.17, 15) is 9.59 Å². The van der Waals surface area contributed by atoms with Crippen molar-refractivity contribution in [3.8, 4) is 0 Å². The molecule has 0 radical (unpaired) electrons. The van der Waals surface area contributed by atoms with Crippen LogP contribution in [0.4, 0.5) is 9.93 Å². The van der Waals surface area contributed by atoms with Gasteiger partial charge in [0.05, 0.1) is 0 Å². The summed E-state index contributed by atoms with van der Waals surface area (Å²) < 4.78 is 5.30. The number of rotatable bonds is 2. The van der Waals surface area contributed by atoms with Crippen molar-refractivity contribution in [2.75, 3.05) is 11.9 Å². The third-order valence-corrected chi connectivity index (χ3v) is 4.51. The fraction of sp³-hybridized carbons (Fsp3) is 0.733. The van der Waals surface area contributed by atoms with Crippen LogP contribution in [-0.4, -0.2) is 45.3 Å². The van der Waals surface area contributed by atoms with Gasteiger partial charge in [0, 0.05) is 12.0 Å². The number of nitrogens with one attached hydrogen (secondary N) is 1. The number of hydrogen-bond acceptors (Lipinski definition) is 6. The van der Waals surface area contributed by atoms with Crippen molar-refractivity contribution in [2.45, 2.75) is 65.0 Å². The highest BCUT2D eigenvalue weighted by Gasteiger charge is 2.40. The van der Waals surface area contributed by atoms with Gasteiger partial charge in [0.15, 0.2) is 0 Å². The van der Waals surface area contributed by atoms with Crippen molar-refractivity contribution >= 4 is 28.5 Å². The summed E-state index contributed by atoms with van der Waals surface area (Å²) in [5.74, 6) is -0.251. The normalized spacial score (nSPS) is 18.3. The highest BCUT2D eigenvalue weighted by atomic mass is 32.1. The molecule has 7 nitrogen and oxygen atoms in total. The predicted octanol–water partition coefficient (Wildman–Crippen LogP) is 2.78. The number of aromatic nitrogens is 2. The van der Waals surface area contributed by atoms with Crippen LogP contribution in [0.3, 0.4) is 0 Å². The van der Waals surface area contributed by atoms with Crippen LogP contribution in [0.25, 0.3) is 0 Å². The Hall–Kier alpha value is -1.70. The number of anilines is 1. The second kappa shape index (κ2) is 6.07. The summed E-state index contributed by atoms with van der Waals surface area (Å²) in [6.07, 6.45) is 0.160. The zero-order chi connectivity index (χ0) is 17.4. The van der Waals surface area contributed by atoms with Crippen molar-refractivity contribution in [1.29, 1.82) is 0 Å². The van der Waals surface area contributed by atoms with Gasteiger partial charge >= 0.3 is 6.09 Å². The Bertz CT molecular complexity index is 601. The lowest BCUT2D eigenvalue weighted by atomic mass is 9.98. The maximum atomic E-state index is 12.3. The molecule has 1 aromatic heterocycles. The third kappa shape index (κ3) is 4.40. The Morgan fingerprint density at radius 3 is 2.30 bits per heavy atom. The second-order valence-corrected chi connectivity index (χ2v) is 8.61. The minimum Gasteiger partial charge on any atom is -0.444 e. The van der Waals surface area contributed by atoms with Gasteiger partial charge in [-0.05, 0) is 27.2 Å². The molecule has 0 spiro atoms. The monoisotopic (exact) mass is 340 g/mol. The summed E-state index contributed by atoms with van der Waals surface area (Å²) in [5.41, 5.74) is -0.686. The van der Waals surface area contributed by atoms with Crippen LogP contribution in [0.5, 0.6) is 0 Å². The summed E-state index contributed by atoms with van der Waals surface area (Å²) >= 11 is 1.35. The van der Waals surface area contributed by atoms with Crippen molar-refractivity contribution in [2.24, 2.45) is 0 Å². The number of carbonyl (C=O) groups is 2. The van der Waals surface area contributed by atoms with E-state index in [1.54, 1.807) is 20.8 Å². The molecule has 1 fully saturated rings. The first-order valence-corrected chi connectivity index (χ1v) is 8.43. The lowest BCUT2D eigenvalue weighted by Gasteiger charge is -2.39. The third-order valence-electron chi connectivity index (χ3n) is 3.25. The Labute approximate surface area is 140 Å². The molecule has 1 atom stereocenters. The van der Waals surface area contributed by atoms with Gasteiger partial charge in [-0.15, -0.1) is 10.2 Å². The van der Waals surface area contributed by atoms with Crippen LogP contribution in [-0.2, 0) is 14.9 Å². The molecule has 0 saturated carbocycles. The number of amides is 2. The molecule has 0 bridgehead atoms. The SMILES string of the molecule is CC(C)(C)OC(=O)N1CC[C@H]1C(=O)Nc1nnc(C(C)(C)C)s1. The maximum absolute atomic E-state index is 12.3. The minimum absolute atomic E-state index is 0.111. The maximum Gasteiger partial charge on any atom is 0.410 e. The molecule has 0 aromatic carbocycles. The Balaban J connectivity index is 1.96. The van der Waals surface area contributed by atoms with E-state index in [4.69, 9.17) is 4.74 Å². The van der Waals surface area contributed by atoms with Crippen LogP contribution in [0.15, 0.2) is 0 Å². The molecule has 2 heterocycles. The first kappa shape index (κ1) is 17.7. The van der Waals surface area contributed by atoms with Crippen molar-refractivity contribution in [3.05, 3.63) is 5.01 Å². The highest BCUT2D eigenvalue weighted by molar-refractivity contribution is 7.15. The first-order chi connectivity index (χ1) is 10.5. The fourth-order valence-corrected chi connectivity index (χ4v) is 2.77. The molecule has 128 valence electrons. The molecular weight excluding hydrogens is 316 g/mol. The van der Waals surface area contributed by atoms with E-state index in [2.05, 4.69) is 15.5 Å². The average Bonchev–Trinajstić information content (AvgIpc) is 2.72. The van der Waals surface area contributed by atoms with Crippen LogP contribution in [0.2, 0.25) is 0 Å². The molecule has 1 N–H and O–H groups in total. The molecule has 1 aliphatic rings. The number of carbonyl (C=O) groups excluding carboxylic acids is 2. The fourth-order valence-electron chi connectivity index (χ4n) is 1.96. The van der Waals surface area contributed by atoms with Crippen LogP contribution in [0.1, 0.15) is 53.0 Å². The Morgan fingerprint density at radius 1 is 1.22 bits per heavy atom. The van der Waals surface area contributed by atoms with Gasteiger partial charge in [0.2, 0.25) is 11.0 Å². The predicted molar refractivity (Wildman–Crippen MR) is 88.6 cm³/mol. The minimum atomic E-state index is -0.575. The summed E-state index contributed by atoms with van der Waals surface area (Å²) in [7, 11) is 0. The lowest BCUT2D eigenvalue weighted by Crippen LogP contribution is -2.57. The molecule has 1 saturated heterocycles. The van der Waals surface area contributed by atoms with Crippen molar-refractivity contribution in [1.82, 2.24) is 15.1 Å². The van der Waals surface area contributed by atoms with Gasteiger partial charge in [0.1, 0.15) is 16.7 Å². The van der Waals surface area contributed by atoms with Gasteiger partial charge in [-0.25, -0.2) is 4.79 Å². The number of likely N-dealkylation sites (tertiary alicyclic amines) is 1. The summed E-state index contributed by atoms with van der Waals surface area (Å²) in [5, 5.41) is 12.1. The second-order valence-electron chi connectivity index (χ2n) is 7.63. The topological polar surface area (TPSA) is 84.4 Å². The lowest BCUT2D eigenvalue weighted by molar-refractivity contribution is -0.125. The smallest absolute Gasteiger partial charge is 0.410 e. The largest absolute Gasteiger partial charge is 0.444 e. The van der Waals surface area contributed by atoms with Gasteiger partial charge in [-0.1, -0.05) is 32.1 Å². The molecule has 0 aliphatic carbocycles. The van der Waals surface area contributed by atoms with Crippen LogP contribution in [0, 0.1) is 0 Å². The van der Waals surface area contributed by atoms with Crippen LogP contribution >= 0.6 is 11.3 Å². The van der Waals surface area contributed by atoms with Gasteiger partial charge in [-0.3, -0.25) is 15.0 Å². The van der Waals surface area contributed by atoms with Gasteiger partial charge in [-0.2, -0.15) is 0 Å². The van der Waals surface area contributed by atoms with E-state index in [1.165, 1.54) is 16.2 Å². The molecule has 0 unspecified atom stereocenters. The van der Waals surface area contributed by atoms with E-state index < -0.39 is 17.7 Å². The van der Waals surface area contributed by atoms with E-state index in [0.717, 1.165) is 5.01 Å². The first-order valence-electron chi connectivity index (χ1n) is 7.62. The molecule has 2 rings (SSSR count). The molecular formula is C15H24N4O3S. The van der Waals surface area contributed by atoms with Gasteiger partial charge < -0.3 is 4.74 Å². The standard InChI is InChI=1S/C15H24N4O3S/c1-14(2,3)11-17-18-12(23-11)16-10(20)9-7-8-19(9)13(21)22-15(4,5)6/h9H,7-8H2,1-6H3,(H,16,18,20)/t9-/m0/s1. The highest BCUT2D eigenvalue weighted by Crippen LogP contribution is 2.28. The zero-order valence-electron chi connectivity index (χ0n) is 14.5. The molecule has 8 heteroatoms. The zero-order valence-corrected chi connectivity index (χ0v) is 15.3. The van der Waals surface area contributed by atoms with E-state index >= 15 is 0 Å². The van der Waals surface area contributed by atoms with Crippen molar-refractivity contribution in [3.63, 3.8) is 0 Å². The Morgan fingerprint density at radius 2 is 1.87 bits per heavy atom. The van der Waals surface area contributed by atoms with E-state index in [1.807, 2.05) is 20.8 Å².